The van der Waals surface area contributed by atoms with E-state index in [1.807, 2.05) is 0 Å². The Morgan fingerprint density at radius 3 is 1.75 bits per heavy atom. The molecule has 0 aromatic carbocycles. The van der Waals surface area contributed by atoms with Crippen LogP contribution in [-0.2, 0) is 28.5 Å². The minimum Gasteiger partial charge on any atom is -0.387 e. The van der Waals surface area contributed by atoms with Gasteiger partial charge in [-0.1, -0.05) is 0 Å². The number of hydrogen-bond donors (Lipinski definition) is 0. The first-order valence-electron chi connectivity index (χ1n) is 4.99. The highest BCUT2D eigenvalue weighted by Gasteiger charge is 2.26. The number of carbonyl (C=O) groups is 2. The number of cyclic esters (lactones) is 2. The largest absolute Gasteiger partial charge is 0.387 e. The fourth-order valence-corrected chi connectivity index (χ4v) is 0.963. The van der Waals surface area contributed by atoms with Gasteiger partial charge in [-0.05, 0) is 0 Å². The van der Waals surface area contributed by atoms with Crippen molar-refractivity contribution in [2.24, 2.45) is 0 Å². The number of rotatable bonds is 4. The van der Waals surface area contributed by atoms with Crippen molar-refractivity contribution in [3.8, 4) is 0 Å². The van der Waals surface area contributed by atoms with Gasteiger partial charge in [-0.2, -0.15) is 0 Å². The second kappa shape index (κ2) is 5.20. The van der Waals surface area contributed by atoms with Crippen molar-refractivity contribution in [1.82, 2.24) is 0 Å². The van der Waals surface area contributed by atoms with Crippen LogP contribution in [0, 0.1) is 0 Å². The normalized spacial score (nSPS) is 29.5. The minimum absolute atomic E-state index is 0.392. The molecule has 0 aliphatic carbocycles. The molecule has 0 saturated carbocycles. The van der Waals surface area contributed by atoms with Crippen molar-refractivity contribution in [3.05, 3.63) is 12.2 Å². The third kappa shape index (κ3) is 4.52. The molecule has 2 atom stereocenters. The van der Waals surface area contributed by atoms with Gasteiger partial charge in [0.2, 0.25) is 0 Å². The molecular formula is C10H12O6. The lowest BCUT2D eigenvalue weighted by Crippen LogP contribution is -2.06. The SMILES string of the molecule is C(OCC1CO1)C1CO1.O=C1C=CC(=O)O1. The van der Waals surface area contributed by atoms with Crippen LogP contribution in [0.1, 0.15) is 0 Å². The van der Waals surface area contributed by atoms with Crippen molar-refractivity contribution in [2.75, 3.05) is 26.4 Å². The van der Waals surface area contributed by atoms with Crippen LogP contribution in [0.15, 0.2) is 12.2 Å². The van der Waals surface area contributed by atoms with Crippen molar-refractivity contribution in [1.29, 1.82) is 0 Å². The molecule has 16 heavy (non-hydrogen) atoms. The molecule has 0 spiro atoms. The van der Waals surface area contributed by atoms with E-state index < -0.39 is 11.9 Å². The lowest BCUT2D eigenvalue weighted by Gasteiger charge is -1.95. The summed E-state index contributed by atoms with van der Waals surface area (Å²) in [6.07, 6.45) is 2.96. The summed E-state index contributed by atoms with van der Waals surface area (Å²) in [6, 6.07) is 0. The number of carbonyl (C=O) groups excluding carboxylic acids is 2. The van der Waals surface area contributed by atoms with E-state index in [0.717, 1.165) is 38.6 Å². The first-order chi connectivity index (χ1) is 7.74. The van der Waals surface area contributed by atoms with Gasteiger partial charge in [-0.15, -0.1) is 0 Å². The standard InChI is InChI=1S/C6H10O3.C4H2O3/c1(5-3-8-5)7-2-6-4-9-6;5-3-1-2-4(6)7-3/h5-6H,1-4H2;1-2H. The monoisotopic (exact) mass is 228 g/mol. The van der Waals surface area contributed by atoms with Gasteiger partial charge in [0.15, 0.2) is 0 Å². The van der Waals surface area contributed by atoms with Gasteiger partial charge in [-0.25, -0.2) is 9.59 Å². The van der Waals surface area contributed by atoms with E-state index in [1.165, 1.54) is 0 Å². The number of hydrogen-bond acceptors (Lipinski definition) is 6. The second-order valence-corrected chi connectivity index (χ2v) is 3.52. The molecule has 3 aliphatic rings. The van der Waals surface area contributed by atoms with Crippen LogP contribution < -0.4 is 0 Å². The van der Waals surface area contributed by atoms with E-state index >= 15 is 0 Å². The summed E-state index contributed by atoms with van der Waals surface area (Å²) in [4.78, 5) is 19.8. The topological polar surface area (TPSA) is 77.7 Å². The van der Waals surface area contributed by atoms with Crippen LogP contribution in [0.25, 0.3) is 0 Å². The summed E-state index contributed by atoms with van der Waals surface area (Å²) in [5.41, 5.74) is 0. The zero-order chi connectivity index (χ0) is 11.4. The van der Waals surface area contributed by atoms with Crippen molar-refractivity contribution in [3.63, 3.8) is 0 Å². The molecule has 3 aliphatic heterocycles. The molecule has 0 aromatic rings. The Kier molecular flexibility index (Phi) is 3.66. The van der Waals surface area contributed by atoms with E-state index in [9.17, 15) is 9.59 Å². The highest BCUT2D eigenvalue weighted by atomic mass is 16.6. The molecule has 3 rings (SSSR count). The predicted octanol–water partition coefficient (Wildman–Crippen LogP) is -0.573. The molecule has 2 unspecified atom stereocenters. The zero-order valence-electron chi connectivity index (χ0n) is 8.59. The second-order valence-electron chi connectivity index (χ2n) is 3.52. The molecule has 6 heteroatoms. The summed E-state index contributed by atoms with van der Waals surface area (Å²) in [5.74, 6) is -1.16. The van der Waals surface area contributed by atoms with Gasteiger partial charge in [0.25, 0.3) is 0 Å². The average molecular weight is 228 g/mol. The minimum atomic E-state index is -0.579. The van der Waals surface area contributed by atoms with Gasteiger partial charge in [0.1, 0.15) is 12.2 Å². The van der Waals surface area contributed by atoms with E-state index in [-0.39, 0.29) is 0 Å². The van der Waals surface area contributed by atoms with Crippen LogP contribution >= 0.6 is 0 Å². The summed E-state index contributed by atoms with van der Waals surface area (Å²) >= 11 is 0. The quantitative estimate of drug-likeness (QED) is 0.364. The molecule has 3 heterocycles. The highest BCUT2D eigenvalue weighted by molar-refractivity contribution is 6.04. The van der Waals surface area contributed by atoms with Gasteiger partial charge >= 0.3 is 11.9 Å². The molecule has 0 radical (unpaired) electrons. The smallest absolute Gasteiger partial charge is 0.338 e. The van der Waals surface area contributed by atoms with Crippen molar-refractivity contribution >= 4 is 11.9 Å². The van der Waals surface area contributed by atoms with Gasteiger partial charge in [0, 0.05) is 12.2 Å². The lowest BCUT2D eigenvalue weighted by atomic mass is 10.5. The highest BCUT2D eigenvalue weighted by Crippen LogP contribution is 2.12. The Balaban J connectivity index is 0.000000125. The average Bonchev–Trinajstić information content (AvgIpc) is 3.12. The van der Waals surface area contributed by atoms with Crippen LogP contribution in [0.3, 0.4) is 0 Å². The lowest BCUT2D eigenvalue weighted by molar-refractivity contribution is -0.150. The predicted molar refractivity (Wildman–Crippen MR) is 50.5 cm³/mol. The van der Waals surface area contributed by atoms with Crippen molar-refractivity contribution in [2.45, 2.75) is 12.2 Å². The van der Waals surface area contributed by atoms with E-state index in [0.29, 0.717) is 12.2 Å². The molecule has 0 N–H and O–H groups in total. The summed E-state index contributed by atoms with van der Waals surface area (Å²) in [7, 11) is 0. The van der Waals surface area contributed by atoms with Crippen LogP contribution in [0.2, 0.25) is 0 Å². The maximum Gasteiger partial charge on any atom is 0.338 e. The third-order valence-corrected chi connectivity index (χ3v) is 1.97. The number of epoxide rings is 2. The first kappa shape index (κ1) is 11.3. The molecular weight excluding hydrogens is 216 g/mol. The van der Waals surface area contributed by atoms with E-state index in [2.05, 4.69) is 4.74 Å². The van der Waals surface area contributed by atoms with Crippen LogP contribution in [-0.4, -0.2) is 50.6 Å². The first-order valence-corrected chi connectivity index (χ1v) is 4.99. The third-order valence-electron chi connectivity index (χ3n) is 1.97. The Hall–Kier alpha value is -1.24. The number of esters is 2. The Bertz CT molecular complexity index is 274. The molecule has 88 valence electrons. The zero-order valence-corrected chi connectivity index (χ0v) is 8.59. The Morgan fingerprint density at radius 1 is 1.06 bits per heavy atom. The summed E-state index contributed by atoms with van der Waals surface area (Å²) < 4.78 is 19.1. The molecule has 6 nitrogen and oxygen atoms in total. The van der Waals surface area contributed by atoms with Crippen molar-refractivity contribution < 1.29 is 28.5 Å². The maximum absolute atomic E-state index is 9.92. The molecule has 0 bridgehead atoms. The fourth-order valence-electron chi connectivity index (χ4n) is 0.963. The van der Waals surface area contributed by atoms with Gasteiger partial charge in [-0.3, -0.25) is 0 Å². The summed E-state index contributed by atoms with van der Waals surface area (Å²) in [5, 5.41) is 0. The molecule has 2 fully saturated rings. The summed E-state index contributed by atoms with van der Waals surface area (Å²) in [6.45, 7) is 3.26. The van der Waals surface area contributed by atoms with Gasteiger partial charge in [0.05, 0.1) is 26.4 Å². The Labute approximate surface area is 92.1 Å². The molecule has 0 aromatic heterocycles. The number of ether oxygens (including phenoxy) is 4. The van der Waals surface area contributed by atoms with E-state index in [1.54, 1.807) is 0 Å². The molecule has 0 amide bonds. The van der Waals surface area contributed by atoms with Crippen LogP contribution in [0.5, 0.6) is 0 Å². The van der Waals surface area contributed by atoms with E-state index in [4.69, 9.17) is 14.2 Å². The fraction of sp³-hybridized carbons (Fsp3) is 0.600. The maximum atomic E-state index is 9.92. The van der Waals surface area contributed by atoms with Crippen LogP contribution in [0.4, 0.5) is 0 Å². The van der Waals surface area contributed by atoms with Gasteiger partial charge < -0.3 is 18.9 Å². The Morgan fingerprint density at radius 2 is 1.50 bits per heavy atom. The molecule has 2 saturated heterocycles.